The molecule has 0 radical (unpaired) electrons. The van der Waals surface area contributed by atoms with Crippen molar-refractivity contribution in [3.05, 3.63) is 63.0 Å². The van der Waals surface area contributed by atoms with Crippen molar-refractivity contribution in [2.45, 2.75) is 0 Å². The molecule has 1 aromatic heterocycles. The van der Waals surface area contributed by atoms with Gasteiger partial charge in [0.2, 0.25) is 11.5 Å². The fourth-order valence-corrected chi connectivity index (χ4v) is 2.19. The molecule has 22 heavy (non-hydrogen) atoms. The van der Waals surface area contributed by atoms with E-state index in [4.69, 9.17) is 0 Å². The number of hydrogen-bond donors (Lipinski definition) is 2. The molecule has 0 saturated heterocycles. The molecule has 6 nitrogen and oxygen atoms in total. The molecule has 0 atom stereocenters. The second-order valence-corrected chi connectivity index (χ2v) is 5.49. The smallest absolute Gasteiger partial charge is 0.255 e. The minimum Gasteiger partial charge on any atom is -0.332 e. The van der Waals surface area contributed by atoms with Gasteiger partial charge in [-0.3, -0.25) is 14.4 Å². The molecule has 1 aromatic carbocycles. The van der Waals surface area contributed by atoms with Crippen molar-refractivity contribution >= 4 is 33.4 Å². The molecule has 7 heteroatoms. The molecule has 0 aliphatic rings. The van der Waals surface area contributed by atoms with Gasteiger partial charge in [0.15, 0.2) is 0 Å². The van der Waals surface area contributed by atoms with Crippen LogP contribution in [0.25, 0.3) is 0 Å². The number of anilines is 1. The van der Waals surface area contributed by atoms with E-state index in [0.29, 0.717) is 11.3 Å². The van der Waals surface area contributed by atoms with Gasteiger partial charge in [-0.05, 0) is 34.1 Å². The summed E-state index contributed by atoms with van der Waals surface area (Å²) in [6.45, 7) is -0.0979. The zero-order valence-electron chi connectivity index (χ0n) is 11.8. The molecule has 0 fully saturated rings. The maximum atomic E-state index is 12.1. The van der Waals surface area contributed by atoms with Gasteiger partial charge in [0, 0.05) is 23.8 Å². The number of H-pyrrole nitrogens is 1. The Morgan fingerprint density at radius 2 is 1.95 bits per heavy atom. The monoisotopic (exact) mass is 363 g/mol. The minimum absolute atomic E-state index is 0.0979. The van der Waals surface area contributed by atoms with E-state index in [-0.39, 0.29) is 23.9 Å². The molecule has 0 aliphatic carbocycles. The highest BCUT2D eigenvalue weighted by Gasteiger charge is 2.15. The first kappa shape index (κ1) is 16.0. The zero-order chi connectivity index (χ0) is 16.1. The van der Waals surface area contributed by atoms with Gasteiger partial charge in [-0.25, -0.2) is 0 Å². The summed E-state index contributed by atoms with van der Waals surface area (Å²) in [5.74, 6) is -0.661. The third-order valence-electron chi connectivity index (χ3n) is 2.91. The second-order valence-electron chi connectivity index (χ2n) is 4.63. The van der Waals surface area contributed by atoms with Gasteiger partial charge >= 0.3 is 0 Å². The quantitative estimate of drug-likeness (QED) is 0.869. The highest BCUT2D eigenvalue weighted by Crippen LogP contribution is 2.20. The normalized spacial score (nSPS) is 10.1. The zero-order valence-corrected chi connectivity index (χ0v) is 13.4. The molecular weight excluding hydrogens is 350 g/mol. The Morgan fingerprint density at radius 1 is 1.23 bits per heavy atom. The van der Waals surface area contributed by atoms with Crippen LogP contribution >= 0.6 is 15.9 Å². The predicted molar refractivity (Wildman–Crippen MR) is 86.8 cm³/mol. The standard InChI is InChI=1S/C15H14BrN3O3/c1-19(15(22)10-6-7-13(20)17-8-10)9-14(21)18-12-5-3-2-4-11(12)16/h2-8H,9H2,1H3,(H,17,20)(H,18,21). The van der Waals surface area contributed by atoms with E-state index in [1.807, 2.05) is 12.1 Å². The van der Waals surface area contributed by atoms with E-state index in [2.05, 4.69) is 26.2 Å². The van der Waals surface area contributed by atoms with Gasteiger partial charge in [0.1, 0.15) is 0 Å². The number of nitrogens with zero attached hydrogens (tertiary/aromatic N) is 1. The predicted octanol–water partition coefficient (Wildman–Crippen LogP) is 1.85. The Kier molecular flexibility index (Phi) is 5.11. The van der Waals surface area contributed by atoms with Gasteiger partial charge in [-0.15, -0.1) is 0 Å². The van der Waals surface area contributed by atoms with Crippen molar-refractivity contribution in [3.63, 3.8) is 0 Å². The lowest BCUT2D eigenvalue weighted by Gasteiger charge is -2.17. The maximum Gasteiger partial charge on any atom is 0.255 e. The van der Waals surface area contributed by atoms with Gasteiger partial charge < -0.3 is 15.2 Å². The van der Waals surface area contributed by atoms with Gasteiger partial charge in [0.05, 0.1) is 17.8 Å². The van der Waals surface area contributed by atoms with Gasteiger partial charge in [-0.1, -0.05) is 12.1 Å². The number of carbonyl (C=O) groups is 2. The lowest BCUT2D eigenvalue weighted by Crippen LogP contribution is -2.35. The van der Waals surface area contributed by atoms with Crippen LogP contribution in [-0.4, -0.2) is 35.3 Å². The number of benzene rings is 1. The Balaban J connectivity index is 1.99. The Morgan fingerprint density at radius 3 is 2.59 bits per heavy atom. The Hall–Kier alpha value is -2.41. The van der Waals surface area contributed by atoms with E-state index >= 15 is 0 Å². The number of rotatable bonds is 4. The average Bonchev–Trinajstić information content (AvgIpc) is 2.49. The number of aromatic amines is 1. The summed E-state index contributed by atoms with van der Waals surface area (Å²) in [4.78, 5) is 38.8. The van der Waals surface area contributed by atoms with E-state index < -0.39 is 0 Å². The molecule has 0 spiro atoms. The molecule has 0 unspecified atom stereocenters. The van der Waals surface area contributed by atoms with Crippen molar-refractivity contribution in [1.82, 2.24) is 9.88 Å². The molecular formula is C15H14BrN3O3. The third-order valence-corrected chi connectivity index (χ3v) is 3.60. The molecule has 114 valence electrons. The van der Waals surface area contributed by atoms with Crippen LogP contribution in [0.15, 0.2) is 51.9 Å². The summed E-state index contributed by atoms with van der Waals surface area (Å²) in [7, 11) is 1.52. The number of hydrogen-bond acceptors (Lipinski definition) is 3. The van der Waals surface area contributed by atoms with Crippen molar-refractivity contribution in [3.8, 4) is 0 Å². The fraction of sp³-hybridized carbons (Fsp3) is 0.133. The van der Waals surface area contributed by atoms with Crippen molar-refractivity contribution in [1.29, 1.82) is 0 Å². The van der Waals surface area contributed by atoms with Crippen molar-refractivity contribution in [2.75, 3.05) is 18.9 Å². The number of likely N-dealkylation sites (N-methyl/N-ethyl adjacent to an activating group) is 1. The molecule has 0 bridgehead atoms. The van der Waals surface area contributed by atoms with Crippen LogP contribution in [0.2, 0.25) is 0 Å². The van der Waals surface area contributed by atoms with Crippen LogP contribution < -0.4 is 10.9 Å². The number of amides is 2. The maximum absolute atomic E-state index is 12.1. The number of carbonyl (C=O) groups excluding carboxylic acids is 2. The highest BCUT2D eigenvalue weighted by atomic mass is 79.9. The molecule has 2 N–H and O–H groups in total. The molecule has 1 heterocycles. The first-order valence-electron chi connectivity index (χ1n) is 6.46. The number of aromatic nitrogens is 1. The summed E-state index contributed by atoms with van der Waals surface area (Å²) < 4.78 is 0.762. The number of nitrogens with one attached hydrogen (secondary N) is 2. The summed E-state index contributed by atoms with van der Waals surface area (Å²) in [5.41, 5.74) is 0.666. The molecule has 2 amide bonds. The van der Waals surface area contributed by atoms with Crippen LogP contribution in [0.4, 0.5) is 5.69 Å². The van der Waals surface area contributed by atoms with Crippen molar-refractivity contribution in [2.24, 2.45) is 0 Å². The first-order chi connectivity index (χ1) is 10.5. The minimum atomic E-state index is -0.349. The second kappa shape index (κ2) is 7.04. The average molecular weight is 364 g/mol. The molecule has 0 aliphatic heterocycles. The molecule has 0 saturated carbocycles. The fourth-order valence-electron chi connectivity index (χ4n) is 1.80. The summed E-state index contributed by atoms with van der Waals surface area (Å²) in [6.07, 6.45) is 1.33. The third kappa shape index (κ3) is 4.05. The summed E-state index contributed by atoms with van der Waals surface area (Å²) >= 11 is 3.33. The topological polar surface area (TPSA) is 82.3 Å². The Bertz CT molecular complexity index is 737. The van der Waals surface area contributed by atoms with Gasteiger partial charge in [-0.2, -0.15) is 0 Å². The van der Waals surface area contributed by atoms with E-state index in [1.165, 1.54) is 30.3 Å². The number of pyridine rings is 1. The van der Waals surface area contributed by atoms with Crippen LogP contribution in [0.1, 0.15) is 10.4 Å². The van der Waals surface area contributed by atoms with Crippen LogP contribution in [0.3, 0.4) is 0 Å². The van der Waals surface area contributed by atoms with Crippen LogP contribution in [0, 0.1) is 0 Å². The largest absolute Gasteiger partial charge is 0.332 e. The Labute approximate surface area is 135 Å². The number of para-hydroxylation sites is 1. The first-order valence-corrected chi connectivity index (χ1v) is 7.25. The van der Waals surface area contributed by atoms with Crippen LogP contribution in [-0.2, 0) is 4.79 Å². The number of halogens is 1. The summed E-state index contributed by atoms with van der Waals surface area (Å²) in [6, 6.07) is 9.89. The summed E-state index contributed by atoms with van der Waals surface area (Å²) in [5, 5.41) is 2.72. The van der Waals surface area contributed by atoms with Crippen molar-refractivity contribution < 1.29 is 9.59 Å². The van der Waals surface area contributed by atoms with Crippen LogP contribution in [0.5, 0.6) is 0 Å². The van der Waals surface area contributed by atoms with E-state index in [1.54, 1.807) is 12.1 Å². The SMILES string of the molecule is CN(CC(=O)Nc1ccccc1Br)C(=O)c1ccc(=O)[nH]c1. The lowest BCUT2D eigenvalue weighted by molar-refractivity contribution is -0.116. The highest BCUT2D eigenvalue weighted by molar-refractivity contribution is 9.10. The molecule has 2 rings (SSSR count). The van der Waals surface area contributed by atoms with E-state index in [9.17, 15) is 14.4 Å². The molecule has 2 aromatic rings. The van der Waals surface area contributed by atoms with E-state index in [0.717, 1.165) is 4.47 Å². The lowest BCUT2D eigenvalue weighted by atomic mass is 10.2. The van der Waals surface area contributed by atoms with Gasteiger partial charge in [0.25, 0.3) is 5.91 Å².